The largest absolute Gasteiger partial charge is 0.355 e. The number of carbonyl (C=O) groups excluding carboxylic acids is 1. The van der Waals surface area contributed by atoms with Gasteiger partial charge in [0.15, 0.2) is 11.0 Å². The molecule has 0 radical (unpaired) electrons. The van der Waals surface area contributed by atoms with Gasteiger partial charge in [0.1, 0.15) is 6.04 Å². The first-order valence-corrected chi connectivity index (χ1v) is 11.8. The molecular weight excluding hydrogens is 432 g/mol. The highest BCUT2D eigenvalue weighted by atomic mass is 32.2. The zero-order chi connectivity index (χ0) is 22.7. The number of anilines is 2. The number of hydrogen-bond acceptors (Lipinski definition) is 11. The SMILES string of the molecule is CCNc1nc(NCC)n2c(SCC(=O)NC(c3nc(C4CC4)no3)C(C)C)nnc2n1. The number of hydrogen-bond donors (Lipinski definition) is 3. The molecule has 1 saturated carbocycles. The Hall–Kier alpha value is -2.96. The van der Waals surface area contributed by atoms with E-state index in [0.717, 1.165) is 18.7 Å². The first-order valence-electron chi connectivity index (χ1n) is 10.9. The van der Waals surface area contributed by atoms with Crippen molar-refractivity contribution in [2.75, 3.05) is 29.5 Å². The summed E-state index contributed by atoms with van der Waals surface area (Å²) in [5, 5.41) is 22.2. The molecule has 0 bridgehead atoms. The fourth-order valence-corrected chi connectivity index (χ4v) is 3.88. The van der Waals surface area contributed by atoms with E-state index in [4.69, 9.17) is 4.52 Å². The quantitative estimate of drug-likeness (QED) is 0.362. The molecule has 1 atom stereocenters. The minimum absolute atomic E-state index is 0.101. The maximum Gasteiger partial charge on any atom is 0.261 e. The van der Waals surface area contributed by atoms with Gasteiger partial charge in [-0.2, -0.15) is 15.0 Å². The van der Waals surface area contributed by atoms with Crippen molar-refractivity contribution in [3.63, 3.8) is 0 Å². The van der Waals surface area contributed by atoms with Crippen molar-refractivity contribution < 1.29 is 9.32 Å². The predicted molar refractivity (Wildman–Crippen MR) is 120 cm³/mol. The molecule has 0 aliphatic heterocycles. The summed E-state index contributed by atoms with van der Waals surface area (Å²) in [6.45, 7) is 9.32. The summed E-state index contributed by atoms with van der Waals surface area (Å²) < 4.78 is 7.14. The van der Waals surface area contributed by atoms with Crippen molar-refractivity contribution >= 4 is 35.3 Å². The topological polar surface area (TPSA) is 148 Å². The average molecular weight is 461 g/mol. The Morgan fingerprint density at radius 3 is 2.62 bits per heavy atom. The van der Waals surface area contributed by atoms with Crippen LogP contribution in [0.15, 0.2) is 9.68 Å². The molecule has 4 rings (SSSR count). The van der Waals surface area contributed by atoms with Gasteiger partial charge in [-0.15, -0.1) is 10.2 Å². The number of nitrogens with zero attached hydrogens (tertiary/aromatic N) is 7. The van der Waals surface area contributed by atoms with Crippen molar-refractivity contribution in [3.8, 4) is 0 Å². The van der Waals surface area contributed by atoms with Crippen LogP contribution in [0, 0.1) is 5.92 Å². The van der Waals surface area contributed by atoms with Gasteiger partial charge in [0.25, 0.3) is 5.78 Å². The van der Waals surface area contributed by atoms with Crippen LogP contribution in [0.5, 0.6) is 0 Å². The van der Waals surface area contributed by atoms with Crippen molar-refractivity contribution in [2.24, 2.45) is 5.92 Å². The van der Waals surface area contributed by atoms with Crippen molar-refractivity contribution in [3.05, 3.63) is 11.7 Å². The molecule has 32 heavy (non-hydrogen) atoms. The molecule has 12 nitrogen and oxygen atoms in total. The molecule has 172 valence electrons. The van der Waals surface area contributed by atoms with E-state index in [9.17, 15) is 4.79 Å². The lowest BCUT2D eigenvalue weighted by molar-refractivity contribution is -0.119. The first kappa shape index (κ1) is 22.2. The number of aromatic nitrogens is 7. The molecule has 13 heteroatoms. The number of amides is 1. The monoisotopic (exact) mass is 460 g/mol. The van der Waals surface area contributed by atoms with Crippen LogP contribution in [-0.4, -0.2) is 59.5 Å². The van der Waals surface area contributed by atoms with Crippen LogP contribution < -0.4 is 16.0 Å². The molecule has 0 spiro atoms. The highest BCUT2D eigenvalue weighted by Gasteiger charge is 2.31. The van der Waals surface area contributed by atoms with Crippen LogP contribution in [0.4, 0.5) is 11.9 Å². The van der Waals surface area contributed by atoms with Gasteiger partial charge in [0, 0.05) is 19.0 Å². The second kappa shape index (κ2) is 9.67. The zero-order valence-corrected chi connectivity index (χ0v) is 19.4. The number of fused-ring (bicyclic) bond motifs is 1. The van der Waals surface area contributed by atoms with Gasteiger partial charge in [-0.25, -0.2) is 4.40 Å². The number of nitrogens with one attached hydrogen (secondary N) is 3. The molecule has 1 unspecified atom stereocenters. The van der Waals surface area contributed by atoms with Gasteiger partial charge < -0.3 is 20.5 Å². The minimum Gasteiger partial charge on any atom is -0.355 e. The van der Waals surface area contributed by atoms with E-state index >= 15 is 0 Å². The molecule has 1 aliphatic carbocycles. The lowest BCUT2D eigenvalue weighted by atomic mass is 10.0. The van der Waals surface area contributed by atoms with Gasteiger partial charge >= 0.3 is 0 Å². The van der Waals surface area contributed by atoms with Crippen LogP contribution in [0.25, 0.3) is 5.78 Å². The second-order valence-corrected chi connectivity index (χ2v) is 8.83. The predicted octanol–water partition coefficient (Wildman–Crippen LogP) is 2.25. The lowest BCUT2D eigenvalue weighted by Crippen LogP contribution is -2.33. The van der Waals surface area contributed by atoms with Gasteiger partial charge in [0.2, 0.25) is 23.7 Å². The van der Waals surface area contributed by atoms with Crippen molar-refractivity contribution in [1.82, 2.24) is 40.0 Å². The van der Waals surface area contributed by atoms with Gasteiger partial charge in [-0.1, -0.05) is 30.8 Å². The summed E-state index contributed by atoms with van der Waals surface area (Å²) in [4.78, 5) is 26.1. The third-order valence-electron chi connectivity index (χ3n) is 4.90. The van der Waals surface area contributed by atoms with E-state index in [1.165, 1.54) is 11.8 Å². The lowest BCUT2D eigenvalue weighted by Gasteiger charge is -2.18. The Kier molecular flexibility index (Phi) is 6.72. The Labute approximate surface area is 189 Å². The van der Waals surface area contributed by atoms with Gasteiger partial charge in [0.05, 0.1) is 5.75 Å². The Bertz CT molecular complexity index is 1080. The minimum atomic E-state index is -0.346. The van der Waals surface area contributed by atoms with Gasteiger partial charge in [-0.3, -0.25) is 4.79 Å². The number of rotatable bonds is 11. The Morgan fingerprint density at radius 1 is 1.16 bits per heavy atom. The van der Waals surface area contributed by atoms with E-state index < -0.39 is 0 Å². The van der Waals surface area contributed by atoms with Crippen molar-refractivity contribution in [1.29, 1.82) is 0 Å². The maximum absolute atomic E-state index is 12.7. The van der Waals surface area contributed by atoms with Crippen LogP contribution in [0.2, 0.25) is 0 Å². The number of carbonyl (C=O) groups is 1. The number of thioether (sulfide) groups is 1. The second-order valence-electron chi connectivity index (χ2n) is 7.89. The molecule has 3 aromatic rings. The average Bonchev–Trinajstić information content (AvgIpc) is 3.35. The maximum atomic E-state index is 12.7. The smallest absolute Gasteiger partial charge is 0.261 e. The Morgan fingerprint density at radius 2 is 1.94 bits per heavy atom. The summed E-state index contributed by atoms with van der Waals surface area (Å²) in [5.74, 6) is 3.12. The molecule has 1 aliphatic rings. The fraction of sp³-hybridized carbons (Fsp3) is 0.632. The third kappa shape index (κ3) is 4.92. The highest BCUT2D eigenvalue weighted by molar-refractivity contribution is 7.99. The standard InChI is InChI=1S/C19H28N10O2S/c1-5-20-16-24-17(21-6-2)29-18(25-16)26-27-19(29)32-9-12(30)22-13(10(3)4)15-23-14(28-31-15)11-7-8-11/h10-11,13H,5-9H2,1-4H3,(H,22,30)(H2,20,21,24,25,26). The summed E-state index contributed by atoms with van der Waals surface area (Å²) in [6.07, 6.45) is 2.18. The zero-order valence-electron chi connectivity index (χ0n) is 18.6. The molecule has 3 aromatic heterocycles. The summed E-state index contributed by atoms with van der Waals surface area (Å²) in [6, 6.07) is -0.346. The van der Waals surface area contributed by atoms with E-state index in [1.54, 1.807) is 4.40 Å². The molecule has 0 saturated heterocycles. The summed E-state index contributed by atoms with van der Waals surface area (Å²) in [5.41, 5.74) is 0. The van der Waals surface area contributed by atoms with E-state index in [0.29, 0.717) is 47.7 Å². The summed E-state index contributed by atoms with van der Waals surface area (Å²) in [7, 11) is 0. The van der Waals surface area contributed by atoms with Gasteiger partial charge in [-0.05, 0) is 32.6 Å². The van der Waals surface area contributed by atoms with E-state index in [1.807, 2.05) is 27.7 Å². The summed E-state index contributed by atoms with van der Waals surface area (Å²) >= 11 is 1.26. The van der Waals surface area contributed by atoms with Crippen LogP contribution >= 0.6 is 11.8 Å². The fourth-order valence-electron chi connectivity index (χ4n) is 3.14. The molecule has 3 N–H and O–H groups in total. The molecule has 1 fully saturated rings. The molecule has 0 aromatic carbocycles. The van der Waals surface area contributed by atoms with Crippen molar-refractivity contribution in [2.45, 2.75) is 57.7 Å². The van der Waals surface area contributed by atoms with E-state index in [-0.39, 0.29) is 23.6 Å². The van der Waals surface area contributed by atoms with Crippen LogP contribution in [-0.2, 0) is 4.79 Å². The molecule has 3 heterocycles. The molecular formula is C19H28N10O2S. The normalized spacial score (nSPS) is 14.7. The molecule has 1 amide bonds. The first-order chi connectivity index (χ1) is 15.5. The van der Waals surface area contributed by atoms with Crippen LogP contribution in [0.1, 0.15) is 64.2 Å². The van der Waals surface area contributed by atoms with E-state index in [2.05, 4.69) is 46.3 Å². The Balaban J connectivity index is 1.45. The highest BCUT2D eigenvalue weighted by Crippen LogP contribution is 2.38. The van der Waals surface area contributed by atoms with Crippen LogP contribution in [0.3, 0.4) is 0 Å². The third-order valence-corrected chi connectivity index (χ3v) is 5.83.